The zero-order valence-electron chi connectivity index (χ0n) is 17.1. The Morgan fingerprint density at radius 1 is 1.21 bits per heavy atom. The number of tetrazole rings is 1. The van der Waals surface area contributed by atoms with Crippen molar-refractivity contribution in [1.29, 1.82) is 0 Å². The summed E-state index contributed by atoms with van der Waals surface area (Å²) in [7, 11) is 0. The van der Waals surface area contributed by atoms with Gasteiger partial charge in [0.2, 0.25) is 0 Å². The number of nitrogens with one attached hydrogen (secondary N) is 1. The number of aliphatic hydroxyl groups is 1. The Hall–Kier alpha value is -3.13. The summed E-state index contributed by atoms with van der Waals surface area (Å²) in [5.41, 5.74) is 3.73. The highest BCUT2D eigenvalue weighted by atomic mass is 16.3. The molecule has 1 atom stereocenters. The molecule has 0 spiro atoms. The summed E-state index contributed by atoms with van der Waals surface area (Å²) in [6.07, 6.45) is 2.50. The molecule has 0 aliphatic heterocycles. The SMILES string of the molecule is Cc1ccc(-c2cc(C(=O)N[C@@H](C)CO)cc(-n3nnnc3CC(C)C)c2)nc1. The topological polar surface area (TPSA) is 106 Å². The van der Waals surface area contributed by atoms with Crippen LogP contribution in [-0.4, -0.2) is 48.9 Å². The summed E-state index contributed by atoms with van der Waals surface area (Å²) < 4.78 is 1.66. The lowest BCUT2D eigenvalue weighted by molar-refractivity contribution is 0.0922. The molecule has 8 nitrogen and oxygen atoms in total. The second-order valence-corrected chi connectivity index (χ2v) is 7.65. The molecule has 152 valence electrons. The maximum Gasteiger partial charge on any atom is 0.251 e. The van der Waals surface area contributed by atoms with Crippen LogP contribution in [0, 0.1) is 12.8 Å². The third kappa shape index (κ3) is 5.03. The Morgan fingerprint density at radius 3 is 2.66 bits per heavy atom. The van der Waals surface area contributed by atoms with E-state index in [1.54, 1.807) is 29.9 Å². The Bertz CT molecular complexity index is 981. The molecule has 8 heteroatoms. The van der Waals surface area contributed by atoms with E-state index >= 15 is 0 Å². The van der Waals surface area contributed by atoms with E-state index in [0.717, 1.165) is 22.6 Å². The van der Waals surface area contributed by atoms with E-state index in [9.17, 15) is 9.90 Å². The molecule has 0 aliphatic rings. The van der Waals surface area contributed by atoms with Gasteiger partial charge >= 0.3 is 0 Å². The van der Waals surface area contributed by atoms with Crippen LogP contribution in [0.5, 0.6) is 0 Å². The van der Waals surface area contributed by atoms with Crippen LogP contribution in [0.4, 0.5) is 0 Å². The predicted octanol–water partition coefficient (Wildman–Crippen LogP) is 2.34. The maximum absolute atomic E-state index is 12.7. The average molecular weight is 394 g/mol. The fraction of sp³-hybridized carbons (Fsp3) is 0.381. The van der Waals surface area contributed by atoms with E-state index < -0.39 is 0 Å². The summed E-state index contributed by atoms with van der Waals surface area (Å²) in [4.78, 5) is 17.2. The summed E-state index contributed by atoms with van der Waals surface area (Å²) in [5.74, 6) is 0.833. The molecular weight excluding hydrogens is 368 g/mol. The van der Waals surface area contributed by atoms with Crippen LogP contribution in [0.15, 0.2) is 36.5 Å². The van der Waals surface area contributed by atoms with E-state index in [1.807, 2.05) is 25.1 Å². The maximum atomic E-state index is 12.7. The molecule has 0 radical (unpaired) electrons. The monoisotopic (exact) mass is 394 g/mol. The molecule has 0 unspecified atom stereocenters. The Kier molecular flexibility index (Phi) is 6.33. The number of nitrogens with zero attached hydrogens (tertiary/aromatic N) is 5. The fourth-order valence-corrected chi connectivity index (χ4v) is 2.90. The molecule has 3 aromatic rings. The van der Waals surface area contributed by atoms with Crippen molar-refractivity contribution in [3.05, 3.63) is 53.5 Å². The van der Waals surface area contributed by atoms with Crippen molar-refractivity contribution in [2.75, 3.05) is 6.61 Å². The number of carbonyl (C=O) groups excluding carboxylic acids is 1. The van der Waals surface area contributed by atoms with E-state index in [1.165, 1.54) is 0 Å². The van der Waals surface area contributed by atoms with Gasteiger partial charge in [0.1, 0.15) is 0 Å². The molecule has 0 bridgehead atoms. The van der Waals surface area contributed by atoms with Gasteiger partial charge in [0.15, 0.2) is 5.82 Å². The first-order chi connectivity index (χ1) is 13.9. The van der Waals surface area contributed by atoms with Gasteiger partial charge in [-0.15, -0.1) is 5.10 Å². The lowest BCUT2D eigenvalue weighted by atomic mass is 10.0. The summed E-state index contributed by atoms with van der Waals surface area (Å²) in [5, 5.41) is 24.1. The van der Waals surface area contributed by atoms with Crippen molar-refractivity contribution in [1.82, 2.24) is 30.5 Å². The number of pyridine rings is 1. The van der Waals surface area contributed by atoms with Crippen LogP contribution in [0.25, 0.3) is 16.9 Å². The number of aliphatic hydroxyl groups excluding tert-OH is 1. The summed E-state index contributed by atoms with van der Waals surface area (Å²) in [6.45, 7) is 7.78. The minimum Gasteiger partial charge on any atom is -0.394 e. The van der Waals surface area contributed by atoms with Crippen molar-refractivity contribution < 1.29 is 9.90 Å². The predicted molar refractivity (Wildman–Crippen MR) is 110 cm³/mol. The van der Waals surface area contributed by atoms with Crippen LogP contribution < -0.4 is 5.32 Å². The van der Waals surface area contributed by atoms with Gasteiger partial charge in [-0.05, 0) is 60.0 Å². The van der Waals surface area contributed by atoms with Crippen LogP contribution in [-0.2, 0) is 6.42 Å². The standard InChI is InChI=1S/C21H26N6O2/c1-13(2)7-20-24-25-26-27(20)18-9-16(19-6-5-14(3)11-22-19)8-17(10-18)21(29)23-15(4)12-28/h5-6,8-11,13,15,28H,7,12H2,1-4H3,(H,23,29)/t15-/m0/s1. The molecule has 2 heterocycles. The van der Waals surface area contributed by atoms with Crippen molar-refractivity contribution in [3.8, 4) is 16.9 Å². The van der Waals surface area contributed by atoms with Gasteiger partial charge in [-0.25, -0.2) is 0 Å². The number of carbonyl (C=O) groups is 1. The molecule has 1 amide bonds. The highest BCUT2D eigenvalue weighted by molar-refractivity contribution is 5.96. The normalized spacial score (nSPS) is 12.2. The van der Waals surface area contributed by atoms with Crippen molar-refractivity contribution in [3.63, 3.8) is 0 Å². The molecule has 1 aromatic carbocycles. The van der Waals surface area contributed by atoms with E-state index in [4.69, 9.17) is 0 Å². The van der Waals surface area contributed by atoms with Crippen LogP contribution in [0.1, 0.15) is 42.5 Å². The third-order valence-electron chi connectivity index (χ3n) is 4.41. The van der Waals surface area contributed by atoms with Gasteiger partial charge in [-0.2, -0.15) is 4.68 Å². The molecule has 0 saturated heterocycles. The number of aryl methyl sites for hydroxylation is 1. The lowest BCUT2D eigenvalue weighted by Crippen LogP contribution is -2.35. The van der Waals surface area contributed by atoms with Crippen LogP contribution in [0.3, 0.4) is 0 Å². The van der Waals surface area contributed by atoms with Crippen LogP contribution >= 0.6 is 0 Å². The van der Waals surface area contributed by atoms with Crippen molar-refractivity contribution in [2.45, 2.75) is 40.2 Å². The molecule has 2 aromatic heterocycles. The van der Waals surface area contributed by atoms with Gasteiger partial charge in [-0.1, -0.05) is 19.9 Å². The smallest absolute Gasteiger partial charge is 0.251 e. The van der Waals surface area contributed by atoms with Gasteiger partial charge in [0.25, 0.3) is 5.91 Å². The molecule has 3 rings (SSSR count). The number of aromatic nitrogens is 5. The Morgan fingerprint density at radius 2 is 2.00 bits per heavy atom. The minimum atomic E-state index is -0.350. The lowest BCUT2D eigenvalue weighted by Gasteiger charge is -2.14. The van der Waals surface area contributed by atoms with Gasteiger partial charge in [-0.3, -0.25) is 9.78 Å². The van der Waals surface area contributed by atoms with E-state index in [0.29, 0.717) is 23.6 Å². The molecular formula is C21H26N6O2. The molecule has 29 heavy (non-hydrogen) atoms. The third-order valence-corrected chi connectivity index (χ3v) is 4.41. The second kappa shape index (κ2) is 8.91. The van der Waals surface area contributed by atoms with Gasteiger partial charge in [0.05, 0.1) is 18.0 Å². The first-order valence-corrected chi connectivity index (χ1v) is 9.65. The van der Waals surface area contributed by atoms with Crippen molar-refractivity contribution in [2.24, 2.45) is 5.92 Å². The van der Waals surface area contributed by atoms with E-state index in [2.05, 4.69) is 39.7 Å². The largest absolute Gasteiger partial charge is 0.394 e. The first kappa shape index (κ1) is 20.6. The molecule has 0 saturated carbocycles. The minimum absolute atomic E-state index is 0.136. The zero-order chi connectivity index (χ0) is 21.0. The molecule has 0 fully saturated rings. The number of benzene rings is 1. The fourth-order valence-electron chi connectivity index (χ4n) is 2.90. The molecule has 2 N–H and O–H groups in total. The van der Waals surface area contributed by atoms with Crippen molar-refractivity contribution >= 4 is 5.91 Å². The number of hydrogen-bond donors (Lipinski definition) is 2. The average Bonchev–Trinajstić information content (AvgIpc) is 3.15. The first-order valence-electron chi connectivity index (χ1n) is 9.65. The Labute approximate surface area is 170 Å². The summed E-state index contributed by atoms with van der Waals surface area (Å²) >= 11 is 0. The second-order valence-electron chi connectivity index (χ2n) is 7.65. The highest BCUT2D eigenvalue weighted by Gasteiger charge is 2.16. The van der Waals surface area contributed by atoms with Gasteiger partial charge < -0.3 is 10.4 Å². The quantitative estimate of drug-likeness (QED) is 0.637. The Balaban J connectivity index is 2.09. The highest BCUT2D eigenvalue weighted by Crippen LogP contribution is 2.24. The zero-order valence-corrected chi connectivity index (χ0v) is 17.1. The van der Waals surface area contributed by atoms with E-state index in [-0.39, 0.29) is 18.6 Å². The number of amides is 1. The summed E-state index contributed by atoms with van der Waals surface area (Å²) in [6, 6.07) is 9.00. The van der Waals surface area contributed by atoms with Crippen LogP contribution in [0.2, 0.25) is 0 Å². The number of hydrogen-bond acceptors (Lipinski definition) is 6. The van der Waals surface area contributed by atoms with Gasteiger partial charge in [0, 0.05) is 29.8 Å². The molecule has 0 aliphatic carbocycles. The number of rotatable bonds is 7.